The van der Waals surface area contributed by atoms with Crippen molar-refractivity contribution < 1.29 is 8.42 Å². The van der Waals surface area contributed by atoms with Crippen molar-refractivity contribution in [1.82, 2.24) is 14.5 Å². The lowest BCUT2D eigenvalue weighted by atomic mass is 10.3. The van der Waals surface area contributed by atoms with E-state index in [1.54, 1.807) is 48.3 Å². The van der Waals surface area contributed by atoms with Gasteiger partial charge in [-0.25, -0.2) is 13.1 Å². The van der Waals surface area contributed by atoms with Gasteiger partial charge in [0.25, 0.3) is 0 Å². The number of para-hydroxylation sites is 1. The normalized spacial score (nSPS) is 11.5. The van der Waals surface area contributed by atoms with Crippen LogP contribution in [0.3, 0.4) is 0 Å². The van der Waals surface area contributed by atoms with Crippen molar-refractivity contribution >= 4 is 21.4 Å². The Bertz CT molecular complexity index is 696. The second-order valence-corrected chi connectivity index (χ2v) is 6.20. The molecule has 2 rings (SSSR count). The van der Waals surface area contributed by atoms with E-state index in [1.807, 2.05) is 0 Å². The summed E-state index contributed by atoms with van der Waals surface area (Å²) >= 11 is 0. The lowest BCUT2D eigenvalue weighted by molar-refractivity contribution is 0.584. The topological polar surface area (TPSA) is 102 Å². The minimum atomic E-state index is -3.49. The highest BCUT2D eigenvalue weighted by Crippen LogP contribution is 2.20. The molecule has 0 spiro atoms. The summed E-state index contributed by atoms with van der Waals surface area (Å²) in [7, 11) is -3.49. The molecule has 0 aliphatic heterocycles. The molecule has 1 aromatic carbocycles. The summed E-state index contributed by atoms with van der Waals surface area (Å²) in [5.74, 6) is 0. The lowest BCUT2D eigenvalue weighted by Gasteiger charge is -2.12. The van der Waals surface area contributed by atoms with E-state index >= 15 is 0 Å². The highest BCUT2D eigenvalue weighted by Gasteiger charge is 2.16. The van der Waals surface area contributed by atoms with Crippen LogP contribution >= 0.6 is 0 Å². The average Bonchev–Trinajstić information content (AvgIpc) is 2.85. The first-order valence-corrected chi connectivity index (χ1v) is 8.11. The maximum atomic E-state index is 12.1. The summed E-state index contributed by atoms with van der Waals surface area (Å²) < 4.78 is 28.4. The van der Waals surface area contributed by atoms with Crippen LogP contribution in [0, 0.1) is 0 Å². The summed E-state index contributed by atoms with van der Waals surface area (Å²) in [6, 6.07) is 6.80. The Morgan fingerprint density at radius 1 is 1.33 bits per heavy atom. The molecule has 0 fully saturated rings. The summed E-state index contributed by atoms with van der Waals surface area (Å²) in [6.07, 6.45) is 3.30. The van der Waals surface area contributed by atoms with E-state index in [-0.39, 0.29) is 4.90 Å². The van der Waals surface area contributed by atoms with Crippen LogP contribution in [0.2, 0.25) is 0 Å². The molecular weight excluding hydrogens is 290 g/mol. The van der Waals surface area contributed by atoms with Crippen molar-refractivity contribution in [3.05, 3.63) is 36.7 Å². The second kappa shape index (κ2) is 6.59. The lowest BCUT2D eigenvalue weighted by Crippen LogP contribution is -2.24. The molecule has 21 heavy (non-hydrogen) atoms. The fourth-order valence-corrected chi connectivity index (χ4v) is 3.14. The zero-order valence-corrected chi connectivity index (χ0v) is 12.6. The standard InChI is InChI=1S/C13H19N5O2S/c1-2-17-21(19,20)13-6-4-3-5-12(13)15-7-8-18-10-11(14)9-16-18/h3-6,9-10,15,17H,2,7-8,14H2,1H3. The third-order valence-corrected chi connectivity index (χ3v) is 4.42. The predicted octanol–water partition coefficient (Wildman–Crippen LogP) is 0.876. The van der Waals surface area contributed by atoms with E-state index in [0.29, 0.717) is 31.0 Å². The fourth-order valence-electron chi connectivity index (χ4n) is 1.92. The van der Waals surface area contributed by atoms with Crippen LogP contribution in [0.15, 0.2) is 41.6 Å². The van der Waals surface area contributed by atoms with Crippen LogP contribution in [0.1, 0.15) is 6.92 Å². The van der Waals surface area contributed by atoms with Gasteiger partial charge in [-0.05, 0) is 12.1 Å². The number of hydrogen-bond acceptors (Lipinski definition) is 5. The molecule has 8 heteroatoms. The van der Waals surface area contributed by atoms with Gasteiger partial charge in [-0.3, -0.25) is 4.68 Å². The van der Waals surface area contributed by atoms with Gasteiger partial charge in [0, 0.05) is 19.3 Å². The Hall–Kier alpha value is -2.06. The van der Waals surface area contributed by atoms with Crippen LogP contribution in [0.25, 0.3) is 0 Å². The number of hydrogen-bond donors (Lipinski definition) is 3. The molecule has 0 saturated carbocycles. The number of nitrogens with one attached hydrogen (secondary N) is 2. The quantitative estimate of drug-likeness (QED) is 0.704. The van der Waals surface area contributed by atoms with Crippen LogP contribution in [0.4, 0.5) is 11.4 Å². The monoisotopic (exact) mass is 309 g/mol. The first-order valence-electron chi connectivity index (χ1n) is 6.63. The van der Waals surface area contributed by atoms with Crippen molar-refractivity contribution in [2.45, 2.75) is 18.4 Å². The van der Waals surface area contributed by atoms with E-state index in [0.717, 1.165) is 0 Å². The third kappa shape index (κ3) is 3.96. The van der Waals surface area contributed by atoms with E-state index in [9.17, 15) is 8.42 Å². The molecule has 0 saturated heterocycles. The molecule has 114 valence electrons. The summed E-state index contributed by atoms with van der Waals surface area (Å²) in [4.78, 5) is 0.242. The zero-order chi connectivity index (χ0) is 15.3. The highest BCUT2D eigenvalue weighted by atomic mass is 32.2. The molecule has 4 N–H and O–H groups in total. The Balaban J connectivity index is 2.06. The maximum absolute atomic E-state index is 12.1. The number of aromatic nitrogens is 2. The summed E-state index contributed by atoms with van der Waals surface area (Å²) in [5, 5.41) is 7.18. The van der Waals surface area contributed by atoms with Crippen molar-refractivity contribution in [2.75, 3.05) is 24.1 Å². The molecule has 0 aliphatic rings. The first-order chi connectivity index (χ1) is 10.0. The summed E-state index contributed by atoms with van der Waals surface area (Å²) in [6.45, 7) is 3.23. The van der Waals surface area contributed by atoms with Crippen molar-refractivity contribution in [1.29, 1.82) is 0 Å². The van der Waals surface area contributed by atoms with Crippen LogP contribution < -0.4 is 15.8 Å². The van der Waals surface area contributed by atoms with Crippen LogP contribution in [0.5, 0.6) is 0 Å². The predicted molar refractivity (Wildman–Crippen MR) is 82.4 cm³/mol. The minimum absolute atomic E-state index is 0.242. The Labute approximate surface area is 124 Å². The number of rotatable bonds is 7. The fraction of sp³-hybridized carbons (Fsp3) is 0.308. The van der Waals surface area contributed by atoms with E-state index in [2.05, 4.69) is 15.1 Å². The molecule has 0 amide bonds. The molecule has 0 aliphatic carbocycles. The number of benzene rings is 1. The third-order valence-electron chi connectivity index (χ3n) is 2.82. The first kappa shape index (κ1) is 15.3. The molecular formula is C13H19N5O2S. The number of nitrogens with zero attached hydrogens (tertiary/aromatic N) is 2. The Kier molecular flexibility index (Phi) is 4.81. The number of sulfonamides is 1. The van der Waals surface area contributed by atoms with E-state index in [4.69, 9.17) is 5.73 Å². The summed E-state index contributed by atoms with van der Waals surface area (Å²) in [5.41, 5.74) is 6.75. The molecule has 2 aromatic rings. The molecule has 0 bridgehead atoms. The van der Waals surface area contributed by atoms with Crippen LogP contribution in [-0.4, -0.2) is 31.3 Å². The molecule has 0 atom stereocenters. The minimum Gasteiger partial charge on any atom is -0.396 e. The molecule has 0 unspecified atom stereocenters. The van der Waals surface area contributed by atoms with Gasteiger partial charge >= 0.3 is 0 Å². The highest BCUT2D eigenvalue weighted by molar-refractivity contribution is 7.89. The molecule has 1 heterocycles. The molecule has 1 aromatic heterocycles. The Morgan fingerprint density at radius 2 is 2.10 bits per heavy atom. The number of nitrogen functional groups attached to an aromatic ring is 1. The molecule has 7 nitrogen and oxygen atoms in total. The van der Waals surface area contributed by atoms with Crippen molar-refractivity contribution in [3.63, 3.8) is 0 Å². The van der Waals surface area contributed by atoms with Gasteiger partial charge in [0.2, 0.25) is 10.0 Å². The average molecular weight is 309 g/mol. The SMILES string of the molecule is CCNS(=O)(=O)c1ccccc1NCCn1cc(N)cn1. The molecule has 0 radical (unpaired) electrons. The van der Waals surface area contributed by atoms with Gasteiger partial charge in [-0.1, -0.05) is 19.1 Å². The number of nitrogens with two attached hydrogens (primary N) is 1. The number of anilines is 2. The van der Waals surface area contributed by atoms with Crippen molar-refractivity contribution in [2.24, 2.45) is 0 Å². The van der Waals surface area contributed by atoms with Gasteiger partial charge in [0.05, 0.1) is 24.1 Å². The smallest absolute Gasteiger partial charge is 0.242 e. The van der Waals surface area contributed by atoms with Gasteiger partial charge in [-0.2, -0.15) is 5.10 Å². The van der Waals surface area contributed by atoms with Gasteiger partial charge in [-0.15, -0.1) is 0 Å². The van der Waals surface area contributed by atoms with E-state index < -0.39 is 10.0 Å². The maximum Gasteiger partial charge on any atom is 0.242 e. The van der Waals surface area contributed by atoms with Gasteiger partial charge < -0.3 is 11.1 Å². The van der Waals surface area contributed by atoms with Crippen LogP contribution in [-0.2, 0) is 16.6 Å². The van der Waals surface area contributed by atoms with E-state index in [1.165, 1.54) is 0 Å². The van der Waals surface area contributed by atoms with Crippen molar-refractivity contribution in [3.8, 4) is 0 Å². The van der Waals surface area contributed by atoms with Gasteiger partial charge in [0.15, 0.2) is 0 Å². The zero-order valence-electron chi connectivity index (χ0n) is 11.8. The largest absolute Gasteiger partial charge is 0.396 e. The Morgan fingerprint density at radius 3 is 2.76 bits per heavy atom. The second-order valence-electron chi connectivity index (χ2n) is 4.46. The van der Waals surface area contributed by atoms with Gasteiger partial charge in [0.1, 0.15) is 4.90 Å².